The zero-order valence-electron chi connectivity index (χ0n) is 9.80. The van der Waals surface area contributed by atoms with Crippen LogP contribution in [0.25, 0.3) is 0 Å². The predicted octanol–water partition coefficient (Wildman–Crippen LogP) is 3.86. The number of benzene rings is 1. The van der Waals surface area contributed by atoms with E-state index in [0.29, 0.717) is 15.6 Å². The Balaban J connectivity index is 2.60. The lowest BCUT2D eigenvalue weighted by molar-refractivity contribution is 0.0939. The van der Waals surface area contributed by atoms with Gasteiger partial charge in [-0.25, -0.2) is 0 Å². The Hall–Kier alpha value is -0.380. The summed E-state index contributed by atoms with van der Waals surface area (Å²) in [5.74, 6) is 0.917. The normalized spacial score (nSPS) is 12.2. The molecule has 1 aromatic rings. The topological polar surface area (TPSA) is 29.1 Å². The third kappa shape index (κ3) is 4.78. The molecule has 0 aliphatic heterocycles. The lowest BCUT2D eigenvalue weighted by Gasteiger charge is -2.13. The highest BCUT2D eigenvalue weighted by atomic mass is 35.5. The van der Waals surface area contributed by atoms with Crippen molar-refractivity contribution in [3.8, 4) is 0 Å². The fourth-order valence-electron chi connectivity index (χ4n) is 1.31. The number of carbonyl (C=O) groups excluding carboxylic acids is 1. The van der Waals surface area contributed by atoms with Gasteiger partial charge in [0.05, 0.1) is 10.0 Å². The zero-order valence-corrected chi connectivity index (χ0v) is 12.1. The van der Waals surface area contributed by atoms with Crippen LogP contribution in [0.4, 0.5) is 0 Å². The van der Waals surface area contributed by atoms with Crippen LogP contribution < -0.4 is 5.32 Å². The van der Waals surface area contributed by atoms with Gasteiger partial charge in [0.25, 0.3) is 5.91 Å². The van der Waals surface area contributed by atoms with Crippen molar-refractivity contribution < 1.29 is 4.79 Å². The third-order valence-electron chi connectivity index (χ3n) is 2.31. The Labute approximate surface area is 116 Å². The van der Waals surface area contributed by atoms with Gasteiger partial charge in [-0.2, -0.15) is 11.8 Å². The summed E-state index contributed by atoms with van der Waals surface area (Å²) in [5.41, 5.74) is 0.537. The van der Waals surface area contributed by atoms with Gasteiger partial charge in [0.15, 0.2) is 0 Å². The first kappa shape index (κ1) is 14.7. The molecule has 2 nitrogen and oxygen atoms in total. The van der Waals surface area contributed by atoms with Crippen LogP contribution in [0, 0.1) is 0 Å². The highest BCUT2D eigenvalue weighted by Crippen LogP contribution is 2.22. The molecule has 94 valence electrons. The van der Waals surface area contributed by atoms with Crippen LogP contribution in [0.1, 0.15) is 23.7 Å². The molecule has 0 aromatic heterocycles. The number of nitrogens with one attached hydrogen (secondary N) is 1. The molecule has 0 bridgehead atoms. The van der Waals surface area contributed by atoms with Crippen LogP contribution in [0.15, 0.2) is 18.2 Å². The van der Waals surface area contributed by atoms with Gasteiger partial charge in [0.1, 0.15) is 0 Å². The second-order valence-corrected chi connectivity index (χ2v) is 5.58. The Bertz CT molecular complexity index is 398. The van der Waals surface area contributed by atoms with E-state index < -0.39 is 0 Å². The van der Waals surface area contributed by atoms with Crippen LogP contribution >= 0.6 is 35.0 Å². The molecule has 0 heterocycles. The SMILES string of the molecule is CSCC[C@@H](C)NC(=O)c1ccc(Cl)c(Cl)c1. The summed E-state index contributed by atoms with van der Waals surface area (Å²) in [7, 11) is 0. The largest absolute Gasteiger partial charge is 0.350 e. The molecule has 1 N–H and O–H groups in total. The van der Waals surface area contributed by atoms with Gasteiger partial charge < -0.3 is 5.32 Å². The van der Waals surface area contributed by atoms with E-state index in [4.69, 9.17) is 23.2 Å². The van der Waals surface area contributed by atoms with Crippen molar-refractivity contribution >= 4 is 40.9 Å². The molecular formula is C12H15Cl2NOS. The van der Waals surface area contributed by atoms with E-state index in [1.807, 2.05) is 13.2 Å². The number of hydrogen-bond acceptors (Lipinski definition) is 2. The van der Waals surface area contributed by atoms with Crippen LogP contribution in [0.5, 0.6) is 0 Å². The summed E-state index contributed by atoms with van der Waals surface area (Å²) in [4.78, 5) is 11.9. The lowest BCUT2D eigenvalue weighted by atomic mass is 10.2. The summed E-state index contributed by atoms with van der Waals surface area (Å²) in [6.07, 6.45) is 3.00. The molecule has 0 aliphatic rings. The average molecular weight is 292 g/mol. The van der Waals surface area contributed by atoms with Crippen LogP contribution in [-0.2, 0) is 0 Å². The first-order valence-electron chi connectivity index (χ1n) is 5.29. The molecule has 0 saturated carbocycles. The molecule has 0 saturated heterocycles. The summed E-state index contributed by atoms with van der Waals surface area (Å²) < 4.78 is 0. The van der Waals surface area contributed by atoms with Gasteiger partial charge in [-0.1, -0.05) is 23.2 Å². The van der Waals surface area contributed by atoms with Crippen molar-refractivity contribution in [2.24, 2.45) is 0 Å². The van der Waals surface area contributed by atoms with Crippen molar-refractivity contribution in [2.45, 2.75) is 19.4 Å². The number of thioether (sulfide) groups is 1. The molecule has 1 rings (SSSR count). The van der Waals surface area contributed by atoms with Crippen molar-refractivity contribution in [3.63, 3.8) is 0 Å². The van der Waals surface area contributed by atoms with E-state index in [0.717, 1.165) is 12.2 Å². The Morgan fingerprint density at radius 2 is 2.12 bits per heavy atom. The van der Waals surface area contributed by atoms with E-state index in [9.17, 15) is 4.79 Å². The highest BCUT2D eigenvalue weighted by molar-refractivity contribution is 7.98. The maximum atomic E-state index is 11.9. The molecule has 1 aromatic carbocycles. The maximum absolute atomic E-state index is 11.9. The van der Waals surface area contributed by atoms with Gasteiger partial charge in [0.2, 0.25) is 0 Å². The first-order valence-corrected chi connectivity index (χ1v) is 7.44. The Kier molecular flexibility index (Phi) is 6.17. The molecule has 0 unspecified atom stereocenters. The molecule has 1 atom stereocenters. The van der Waals surface area contributed by atoms with E-state index in [-0.39, 0.29) is 11.9 Å². The second-order valence-electron chi connectivity index (χ2n) is 3.78. The summed E-state index contributed by atoms with van der Waals surface area (Å²) in [6.45, 7) is 1.99. The molecule has 0 aliphatic carbocycles. The maximum Gasteiger partial charge on any atom is 0.251 e. The molecule has 5 heteroatoms. The molecule has 17 heavy (non-hydrogen) atoms. The first-order chi connectivity index (χ1) is 8.04. The fraction of sp³-hybridized carbons (Fsp3) is 0.417. The van der Waals surface area contributed by atoms with Crippen molar-refractivity contribution in [3.05, 3.63) is 33.8 Å². The minimum absolute atomic E-state index is 0.114. The Morgan fingerprint density at radius 3 is 2.71 bits per heavy atom. The van der Waals surface area contributed by atoms with E-state index in [1.54, 1.807) is 30.0 Å². The molecule has 0 fully saturated rings. The molecule has 0 radical (unpaired) electrons. The number of carbonyl (C=O) groups is 1. The summed E-state index contributed by atoms with van der Waals surface area (Å²) >= 11 is 13.4. The van der Waals surface area contributed by atoms with E-state index in [1.165, 1.54) is 0 Å². The van der Waals surface area contributed by atoms with E-state index in [2.05, 4.69) is 5.32 Å². The van der Waals surface area contributed by atoms with Gasteiger partial charge in [-0.3, -0.25) is 4.79 Å². The summed E-state index contributed by atoms with van der Waals surface area (Å²) in [6, 6.07) is 5.04. The lowest BCUT2D eigenvalue weighted by Crippen LogP contribution is -2.32. The van der Waals surface area contributed by atoms with E-state index >= 15 is 0 Å². The molecule has 0 spiro atoms. The monoisotopic (exact) mass is 291 g/mol. The third-order valence-corrected chi connectivity index (χ3v) is 3.70. The van der Waals surface area contributed by atoms with Crippen molar-refractivity contribution in [1.29, 1.82) is 0 Å². The average Bonchev–Trinajstić information content (AvgIpc) is 2.30. The van der Waals surface area contributed by atoms with Crippen LogP contribution in [0.2, 0.25) is 10.0 Å². The van der Waals surface area contributed by atoms with Crippen LogP contribution in [-0.4, -0.2) is 24.0 Å². The Morgan fingerprint density at radius 1 is 1.41 bits per heavy atom. The number of hydrogen-bond donors (Lipinski definition) is 1. The van der Waals surface area contributed by atoms with Gasteiger partial charge in [0, 0.05) is 11.6 Å². The van der Waals surface area contributed by atoms with Gasteiger partial charge in [-0.05, 0) is 43.6 Å². The summed E-state index contributed by atoms with van der Waals surface area (Å²) in [5, 5.41) is 3.78. The number of halogens is 2. The zero-order chi connectivity index (χ0) is 12.8. The minimum atomic E-state index is -0.114. The number of rotatable bonds is 5. The van der Waals surface area contributed by atoms with Gasteiger partial charge >= 0.3 is 0 Å². The standard InChI is InChI=1S/C12H15Cl2NOS/c1-8(5-6-17-2)15-12(16)9-3-4-10(13)11(14)7-9/h3-4,7-8H,5-6H2,1-2H3,(H,15,16)/t8-/m1/s1. The smallest absolute Gasteiger partial charge is 0.251 e. The molecular weight excluding hydrogens is 277 g/mol. The molecule has 1 amide bonds. The highest BCUT2D eigenvalue weighted by Gasteiger charge is 2.10. The van der Waals surface area contributed by atoms with Gasteiger partial charge in [-0.15, -0.1) is 0 Å². The fourth-order valence-corrected chi connectivity index (χ4v) is 2.20. The number of amides is 1. The minimum Gasteiger partial charge on any atom is -0.350 e. The van der Waals surface area contributed by atoms with Crippen molar-refractivity contribution in [2.75, 3.05) is 12.0 Å². The second kappa shape index (κ2) is 7.14. The van der Waals surface area contributed by atoms with Crippen LogP contribution in [0.3, 0.4) is 0 Å². The van der Waals surface area contributed by atoms with Crippen molar-refractivity contribution in [1.82, 2.24) is 5.32 Å². The predicted molar refractivity (Wildman–Crippen MR) is 76.4 cm³/mol. The quantitative estimate of drug-likeness (QED) is 0.892.